The van der Waals surface area contributed by atoms with Gasteiger partial charge in [-0.3, -0.25) is 0 Å². The molecule has 0 spiro atoms. The van der Waals surface area contributed by atoms with Gasteiger partial charge in [0.2, 0.25) is 0 Å². The van der Waals surface area contributed by atoms with Crippen molar-refractivity contribution in [1.29, 1.82) is 0 Å². The van der Waals surface area contributed by atoms with Crippen molar-refractivity contribution in [2.45, 2.75) is 70.8 Å². The van der Waals surface area contributed by atoms with Gasteiger partial charge in [-0.05, 0) is 44.9 Å². The van der Waals surface area contributed by atoms with Gasteiger partial charge in [-0.1, -0.05) is 25.7 Å². The molecule has 3 nitrogen and oxygen atoms in total. The highest BCUT2D eigenvalue weighted by molar-refractivity contribution is 5.02. The minimum atomic E-state index is 0.485. The first-order valence-electron chi connectivity index (χ1n) is 7.65. The minimum Gasteiger partial charge on any atom is -0.315 e. The summed E-state index contributed by atoms with van der Waals surface area (Å²) in [6.07, 6.45) is 11.9. The molecule has 1 aromatic heterocycles. The summed E-state index contributed by atoms with van der Waals surface area (Å²) >= 11 is 0. The van der Waals surface area contributed by atoms with Crippen LogP contribution in [-0.2, 0) is 0 Å². The smallest absolute Gasteiger partial charge is 0.136 e. The normalized spacial score (nSPS) is 32.5. The predicted octanol–water partition coefficient (Wildman–Crippen LogP) is 3.93. The Morgan fingerprint density at radius 2 is 1.89 bits per heavy atom. The summed E-state index contributed by atoms with van der Waals surface area (Å²) in [4.78, 5) is 0. The van der Waals surface area contributed by atoms with Crippen LogP contribution in [0.5, 0.6) is 0 Å². The van der Waals surface area contributed by atoms with E-state index >= 15 is 0 Å². The molecule has 0 saturated heterocycles. The van der Waals surface area contributed by atoms with Gasteiger partial charge in [0.15, 0.2) is 0 Å². The molecule has 100 valence electrons. The van der Waals surface area contributed by atoms with E-state index in [1.165, 1.54) is 50.8 Å². The van der Waals surface area contributed by atoms with E-state index in [4.69, 9.17) is 0 Å². The number of hydrogen-bond donors (Lipinski definition) is 0. The van der Waals surface area contributed by atoms with E-state index in [0.29, 0.717) is 12.0 Å². The number of rotatable bonds is 2. The summed E-state index contributed by atoms with van der Waals surface area (Å²) < 4.78 is 2.27. The van der Waals surface area contributed by atoms with Crippen LogP contribution in [-0.4, -0.2) is 14.8 Å². The SMILES string of the molecule is CC(C)n1cnnc1C1CCC2CCCCC2C1. The molecule has 2 saturated carbocycles. The summed E-state index contributed by atoms with van der Waals surface area (Å²) in [5.74, 6) is 3.89. The minimum absolute atomic E-state index is 0.485. The number of hydrogen-bond acceptors (Lipinski definition) is 2. The number of fused-ring (bicyclic) bond motifs is 1. The summed E-state index contributed by atoms with van der Waals surface area (Å²) in [7, 11) is 0. The first-order valence-corrected chi connectivity index (χ1v) is 7.65. The second-order valence-corrected chi connectivity index (χ2v) is 6.50. The Bertz CT molecular complexity index is 396. The van der Waals surface area contributed by atoms with Crippen LogP contribution in [0.3, 0.4) is 0 Å². The van der Waals surface area contributed by atoms with Crippen molar-refractivity contribution in [3.05, 3.63) is 12.2 Å². The van der Waals surface area contributed by atoms with Crippen LogP contribution in [0.25, 0.3) is 0 Å². The fourth-order valence-electron chi connectivity index (χ4n) is 4.05. The standard InChI is InChI=1S/C15H25N3/c1-11(2)18-10-16-17-15(18)14-8-7-12-5-3-4-6-13(12)9-14/h10-14H,3-9H2,1-2H3. The molecule has 3 atom stereocenters. The average molecular weight is 247 g/mol. The van der Waals surface area contributed by atoms with E-state index in [0.717, 1.165) is 11.8 Å². The Kier molecular flexibility index (Phi) is 3.40. The molecule has 3 unspecified atom stereocenters. The molecule has 0 aromatic carbocycles. The zero-order valence-electron chi connectivity index (χ0n) is 11.7. The highest BCUT2D eigenvalue weighted by Crippen LogP contribution is 2.45. The summed E-state index contributed by atoms with van der Waals surface area (Å²) in [5, 5.41) is 8.55. The summed E-state index contributed by atoms with van der Waals surface area (Å²) in [6.45, 7) is 4.44. The van der Waals surface area contributed by atoms with Crippen LogP contribution in [0.4, 0.5) is 0 Å². The van der Waals surface area contributed by atoms with Gasteiger partial charge in [-0.25, -0.2) is 0 Å². The number of aromatic nitrogens is 3. The van der Waals surface area contributed by atoms with E-state index in [-0.39, 0.29) is 0 Å². The van der Waals surface area contributed by atoms with Crippen LogP contribution in [0.15, 0.2) is 6.33 Å². The van der Waals surface area contributed by atoms with Crippen molar-refractivity contribution < 1.29 is 0 Å². The van der Waals surface area contributed by atoms with Gasteiger partial charge in [0.05, 0.1) is 0 Å². The van der Waals surface area contributed by atoms with Gasteiger partial charge in [-0.2, -0.15) is 0 Å². The van der Waals surface area contributed by atoms with Crippen molar-refractivity contribution in [2.75, 3.05) is 0 Å². The Morgan fingerprint density at radius 3 is 2.67 bits per heavy atom. The molecule has 0 radical (unpaired) electrons. The van der Waals surface area contributed by atoms with Crippen LogP contribution < -0.4 is 0 Å². The van der Waals surface area contributed by atoms with Crippen molar-refractivity contribution in [2.24, 2.45) is 11.8 Å². The van der Waals surface area contributed by atoms with Crippen molar-refractivity contribution >= 4 is 0 Å². The van der Waals surface area contributed by atoms with Crippen molar-refractivity contribution in [3.63, 3.8) is 0 Å². The number of nitrogens with zero attached hydrogens (tertiary/aromatic N) is 3. The molecular weight excluding hydrogens is 222 g/mol. The molecule has 0 bridgehead atoms. The summed E-state index contributed by atoms with van der Waals surface area (Å²) in [5.41, 5.74) is 0. The van der Waals surface area contributed by atoms with E-state index in [1.807, 2.05) is 6.33 Å². The van der Waals surface area contributed by atoms with Gasteiger partial charge < -0.3 is 4.57 Å². The van der Waals surface area contributed by atoms with E-state index in [9.17, 15) is 0 Å². The molecule has 2 aliphatic rings. The first kappa shape index (κ1) is 12.2. The topological polar surface area (TPSA) is 30.7 Å². The molecule has 1 heterocycles. The van der Waals surface area contributed by atoms with Crippen LogP contribution in [0.2, 0.25) is 0 Å². The Hall–Kier alpha value is -0.860. The van der Waals surface area contributed by atoms with Gasteiger partial charge in [-0.15, -0.1) is 10.2 Å². The fourth-order valence-corrected chi connectivity index (χ4v) is 4.05. The third-order valence-electron chi connectivity index (χ3n) is 5.06. The zero-order valence-corrected chi connectivity index (χ0v) is 11.7. The molecule has 1 aromatic rings. The van der Waals surface area contributed by atoms with E-state index in [1.54, 1.807) is 0 Å². The van der Waals surface area contributed by atoms with Crippen molar-refractivity contribution in [3.8, 4) is 0 Å². The first-order chi connectivity index (χ1) is 8.75. The second kappa shape index (κ2) is 5.02. The van der Waals surface area contributed by atoms with Gasteiger partial charge in [0.25, 0.3) is 0 Å². The maximum atomic E-state index is 4.41. The van der Waals surface area contributed by atoms with Gasteiger partial charge in [0, 0.05) is 12.0 Å². The lowest BCUT2D eigenvalue weighted by Crippen LogP contribution is -2.28. The highest BCUT2D eigenvalue weighted by Gasteiger charge is 2.34. The maximum Gasteiger partial charge on any atom is 0.136 e. The molecule has 3 rings (SSSR count). The lowest BCUT2D eigenvalue weighted by atomic mass is 9.67. The van der Waals surface area contributed by atoms with Gasteiger partial charge >= 0.3 is 0 Å². The summed E-state index contributed by atoms with van der Waals surface area (Å²) in [6, 6.07) is 0.485. The van der Waals surface area contributed by atoms with Crippen LogP contribution in [0.1, 0.15) is 76.6 Å². The monoisotopic (exact) mass is 247 g/mol. The van der Waals surface area contributed by atoms with E-state index in [2.05, 4.69) is 28.6 Å². The maximum absolute atomic E-state index is 4.41. The van der Waals surface area contributed by atoms with Crippen LogP contribution >= 0.6 is 0 Å². The average Bonchev–Trinajstić information content (AvgIpc) is 2.87. The predicted molar refractivity (Wildman–Crippen MR) is 72.4 cm³/mol. The third kappa shape index (κ3) is 2.19. The lowest BCUT2D eigenvalue weighted by Gasteiger charge is -2.39. The largest absolute Gasteiger partial charge is 0.315 e. The molecule has 0 amide bonds. The third-order valence-corrected chi connectivity index (χ3v) is 5.06. The molecule has 0 aliphatic heterocycles. The molecular formula is C15H25N3. The molecule has 18 heavy (non-hydrogen) atoms. The highest BCUT2D eigenvalue weighted by atomic mass is 15.3. The van der Waals surface area contributed by atoms with E-state index < -0.39 is 0 Å². The zero-order chi connectivity index (χ0) is 12.5. The Labute approximate surface area is 110 Å². The lowest BCUT2D eigenvalue weighted by molar-refractivity contribution is 0.151. The molecule has 2 fully saturated rings. The Morgan fingerprint density at radius 1 is 1.11 bits per heavy atom. The molecule has 3 heteroatoms. The van der Waals surface area contributed by atoms with Crippen molar-refractivity contribution in [1.82, 2.24) is 14.8 Å². The fraction of sp³-hybridized carbons (Fsp3) is 0.867. The Balaban J connectivity index is 1.75. The second-order valence-electron chi connectivity index (χ2n) is 6.50. The quantitative estimate of drug-likeness (QED) is 0.792. The molecule has 2 aliphatic carbocycles. The van der Waals surface area contributed by atoms with Gasteiger partial charge in [0.1, 0.15) is 12.2 Å². The molecule has 0 N–H and O–H groups in total. The van der Waals surface area contributed by atoms with Crippen LogP contribution in [0, 0.1) is 11.8 Å².